The fraction of sp³-hybridized carbons (Fsp3) is 0.258. The maximum atomic E-state index is 13.6. The fourth-order valence-corrected chi connectivity index (χ4v) is 5.53. The highest BCUT2D eigenvalue weighted by molar-refractivity contribution is 6.16. The molecular weight excluding hydrogens is 474 g/mol. The van der Waals surface area contributed by atoms with Crippen LogP contribution in [0.2, 0.25) is 0 Å². The fourth-order valence-electron chi connectivity index (χ4n) is 5.53. The van der Waals surface area contributed by atoms with E-state index in [0.29, 0.717) is 23.1 Å². The van der Waals surface area contributed by atoms with Crippen LogP contribution in [0.15, 0.2) is 77.6 Å². The van der Waals surface area contributed by atoms with E-state index in [1.165, 1.54) is 15.8 Å². The molecule has 1 N–H and O–H groups in total. The molecule has 0 atom stereocenters. The van der Waals surface area contributed by atoms with E-state index in [1.54, 1.807) is 0 Å². The smallest absolute Gasteiger partial charge is 0.296 e. The molecule has 1 aliphatic heterocycles. The Morgan fingerprint density at radius 1 is 0.974 bits per heavy atom. The molecule has 38 heavy (non-hydrogen) atoms. The second-order valence-electron chi connectivity index (χ2n) is 10.1. The standard InChI is InChI=1S/C31H31N5O2/c1-21-12-14-24(15-13-21)36-31(38)29-27(25-10-5-6-11-26(25)34(29)2)28(33-36)30(37)32-17-7-18-35-19-16-22-8-3-4-9-23(22)20-35/h3-6,8-15H,7,16-20H2,1-2H3,(H,32,37). The zero-order chi connectivity index (χ0) is 26.2. The number of hydrogen-bond acceptors (Lipinski definition) is 4. The molecule has 0 saturated carbocycles. The number of aromatic nitrogens is 3. The van der Waals surface area contributed by atoms with E-state index in [4.69, 9.17) is 0 Å². The summed E-state index contributed by atoms with van der Waals surface area (Å²) in [5.41, 5.74) is 5.93. The number of benzene rings is 3. The molecule has 7 heteroatoms. The Kier molecular flexibility index (Phi) is 6.29. The highest BCUT2D eigenvalue weighted by atomic mass is 16.2. The third-order valence-electron chi connectivity index (χ3n) is 7.58. The summed E-state index contributed by atoms with van der Waals surface area (Å²) in [5.74, 6) is -0.267. The summed E-state index contributed by atoms with van der Waals surface area (Å²) in [4.78, 5) is 29.6. The van der Waals surface area contributed by atoms with Crippen molar-refractivity contribution in [3.8, 4) is 5.69 Å². The third kappa shape index (κ3) is 4.29. The first-order valence-electron chi connectivity index (χ1n) is 13.2. The van der Waals surface area contributed by atoms with Crippen LogP contribution in [0.5, 0.6) is 0 Å². The van der Waals surface area contributed by atoms with Gasteiger partial charge in [0.15, 0.2) is 5.69 Å². The van der Waals surface area contributed by atoms with Crippen LogP contribution in [0.4, 0.5) is 0 Å². The monoisotopic (exact) mass is 505 g/mol. The van der Waals surface area contributed by atoms with Crippen LogP contribution in [0, 0.1) is 6.92 Å². The van der Waals surface area contributed by atoms with E-state index in [2.05, 4.69) is 39.6 Å². The van der Waals surface area contributed by atoms with Gasteiger partial charge in [-0.1, -0.05) is 60.2 Å². The van der Waals surface area contributed by atoms with Gasteiger partial charge in [0.25, 0.3) is 11.5 Å². The molecule has 0 spiro atoms. The third-order valence-corrected chi connectivity index (χ3v) is 7.58. The van der Waals surface area contributed by atoms with Crippen molar-refractivity contribution in [3.63, 3.8) is 0 Å². The highest BCUT2D eigenvalue weighted by Gasteiger charge is 2.23. The highest BCUT2D eigenvalue weighted by Crippen LogP contribution is 2.28. The number of hydrogen-bond donors (Lipinski definition) is 1. The van der Waals surface area contributed by atoms with Gasteiger partial charge in [-0.2, -0.15) is 9.78 Å². The zero-order valence-electron chi connectivity index (χ0n) is 21.8. The van der Waals surface area contributed by atoms with Gasteiger partial charge in [-0.15, -0.1) is 0 Å². The molecule has 0 fully saturated rings. The van der Waals surface area contributed by atoms with E-state index in [0.717, 1.165) is 48.9 Å². The maximum Gasteiger partial charge on any atom is 0.296 e. The number of carbonyl (C=O) groups excluding carboxylic acids is 1. The summed E-state index contributed by atoms with van der Waals surface area (Å²) in [5, 5.41) is 9.15. The molecular formula is C31H31N5O2. The van der Waals surface area contributed by atoms with Gasteiger partial charge in [0.1, 0.15) is 5.52 Å². The number of nitrogens with zero attached hydrogens (tertiary/aromatic N) is 4. The number of carbonyl (C=O) groups is 1. The Balaban J connectivity index is 1.28. The molecule has 0 unspecified atom stereocenters. The summed E-state index contributed by atoms with van der Waals surface area (Å²) in [7, 11) is 1.87. The van der Waals surface area contributed by atoms with E-state index in [9.17, 15) is 9.59 Å². The second-order valence-corrected chi connectivity index (χ2v) is 10.1. The topological polar surface area (TPSA) is 72.2 Å². The molecule has 6 rings (SSSR count). The predicted octanol–water partition coefficient (Wildman–Crippen LogP) is 4.36. The van der Waals surface area contributed by atoms with E-state index in [1.807, 2.05) is 67.1 Å². The molecule has 1 amide bonds. The van der Waals surface area contributed by atoms with E-state index >= 15 is 0 Å². The number of rotatable bonds is 6. The number of nitrogens with one attached hydrogen (secondary N) is 1. The van der Waals surface area contributed by atoms with Gasteiger partial charge in [0.05, 0.1) is 5.69 Å². The molecule has 0 bridgehead atoms. The van der Waals surface area contributed by atoms with Crippen LogP contribution in [-0.4, -0.2) is 44.8 Å². The largest absolute Gasteiger partial charge is 0.351 e. The van der Waals surface area contributed by atoms with Gasteiger partial charge in [-0.25, -0.2) is 0 Å². The zero-order valence-corrected chi connectivity index (χ0v) is 21.8. The first kappa shape index (κ1) is 24.1. The van der Waals surface area contributed by atoms with Crippen LogP contribution in [0.25, 0.3) is 27.5 Å². The Morgan fingerprint density at radius 3 is 2.53 bits per heavy atom. The van der Waals surface area contributed by atoms with Gasteiger partial charge in [-0.05, 0) is 49.1 Å². The van der Waals surface area contributed by atoms with E-state index < -0.39 is 0 Å². The van der Waals surface area contributed by atoms with Crippen molar-refractivity contribution in [2.75, 3.05) is 19.6 Å². The van der Waals surface area contributed by atoms with Crippen molar-refractivity contribution in [3.05, 3.63) is 106 Å². The Morgan fingerprint density at radius 2 is 1.71 bits per heavy atom. The molecule has 7 nitrogen and oxygen atoms in total. The van der Waals surface area contributed by atoms with Crippen LogP contribution < -0.4 is 10.9 Å². The minimum atomic E-state index is -0.267. The van der Waals surface area contributed by atoms with Gasteiger partial charge >= 0.3 is 0 Å². The van der Waals surface area contributed by atoms with Gasteiger partial charge < -0.3 is 9.88 Å². The number of para-hydroxylation sites is 1. The lowest BCUT2D eigenvalue weighted by molar-refractivity contribution is 0.0946. The molecule has 0 saturated heterocycles. The minimum absolute atomic E-state index is 0.246. The van der Waals surface area contributed by atoms with Gasteiger partial charge in [-0.3, -0.25) is 14.5 Å². The number of fused-ring (bicyclic) bond motifs is 4. The number of amides is 1. The van der Waals surface area contributed by atoms with Crippen molar-refractivity contribution in [2.24, 2.45) is 7.05 Å². The van der Waals surface area contributed by atoms with Crippen molar-refractivity contribution in [1.29, 1.82) is 0 Å². The van der Waals surface area contributed by atoms with Gasteiger partial charge in [0.2, 0.25) is 0 Å². The molecule has 2 aromatic heterocycles. The first-order valence-corrected chi connectivity index (χ1v) is 13.2. The second kappa shape index (κ2) is 9.91. The summed E-state index contributed by atoms with van der Waals surface area (Å²) in [6.07, 6.45) is 1.90. The summed E-state index contributed by atoms with van der Waals surface area (Å²) in [6, 6.07) is 24.0. The summed E-state index contributed by atoms with van der Waals surface area (Å²) >= 11 is 0. The Labute approximate surface area is 221 Å². The van der Waals surface area contributed by atoms with Crippen molar-refractivity contribution in [1.82, 2.24) is 24.6 Å². The van der Waals surface area contributed by atoms with Crippen LogP contribution in [-0.2, 0) is 20.0 Å². The van der Waals surface area contributed by atoms with Crippen molar-refractivity contribution >= 4 is 27.7 Å². The van der Waals surface area contributed by atoms with Crippen molar-refractivity contribution < 1.29 is 4.79 Å². The molecule has 0 aliphatic carbocycles. The molecule has 3 heterocycles. The quantitative estimate of drug-likeness (QED) is 0.348. The predicted molar refractivity (Wildman–Crippen MR) is 151 cm³/mol. The molecule has 3 aromatic carbocycles. The van der Waals surface area contributed by atoms with Crippen LogP contribution in [0.3, 0.4) is 0 Å². The minimum Gasteiger partial charge on any atom is -0.351 e. The average molecular weight is 506 g/mol. The van der Waals surface area contributed by atoms with Gasteiger partial charge in [0, 0.05) is 49.5 Å². The normalized spacial score (nSPS) is 13.6. The molecule has 1 aliphatic rings. The molecule has 0 radical (unpaired) electrons. The summed E-state index contributed by atoms with van der Waals surface area (Å²) in [6.45, 7) is 5.42. The Bertz CT molecular complexity index is 1710. The lowest BCUT2D eigenvalue weighted by Crippen LogP contribution is -2.34. The average Bonchev–Trinajstić information content (AvgIpc) is 3.25. The lowest BCUT2D eigenvalue weighted by Gasteiger charge is -2.28. The van der Waals surface area contributed by atoms with Crippen LogP contribution >= 0.6 is 0 Å². The molecule has 192 valence electrons. The molecule has 5 aromatic rings. The van der Waals surface area contributed by atoms with E-state index in [-0.39, 0.29) is 17.2 Å². The van der Waals surface area contributed by atoms with Crippen LogP contribution in [0.1, 0.15) is 33.6 Å². The Hall–Kier alpha value is -4.23. The number of aryl methyl sites for hydroxylation is 2. The van der Waals surface area contributed by atoms with Crippen molar-refractivity contribution in [2.45, 2.75) is 26.3 Å². The first-order chi connectivity index (χ1) is 18.5. The summed E-state index contributed by atoms with van der Waals surface area (Å²) < 4.78 is 3.21. The SMILES string of the molecule is Cc1ccc(-n2nc(C(=O)NCCCN3CCc4ccccc4C3)c3c4ccccc4n(C)c3c2=O)cc1. The maximum absolute atomic E-state index is 13.6. The lowest BCUT2D eigenvalue weighted by atomic mass is 10.00.